The number of nitrogens with zero attached hydrogens (tertiary/aromatic N) is 1. The molecule has 0 radical (unpaired) electrons. The van der Waals surface area contributed by atoms with Crippen LogP contribution in [0, 0.1) is 0 Å². The lowest BCUT2D eigenvalue weighted by Gasteiger charge is -2.18. The van der Waals surface area contributed by atoms with Crippen LogP contribution in [0.25, 0.3) is 0 Å². The molecule has 1 N–H and O–H groups in total. The van der Waals surface area contributed by atoms with Crippen LogP contribution in [0.1, 0.15) is 37.4 Å². The summed E-state index contributed by atoms with van der Waals surface area (Å²) in [4.78, 5) is 30.0. The van der Waals surface area contributed by atoms with Crippen LogP contribution in [-0.2, 0) is 0 Å². The molecule has 0 amide bonds. The minimum Gasteiger partial charge on any atom is -0.507 e. The number of phenolic OH excluding ortho intramolecular Hbond substituents is 1. The maximum Gasteiger partial charge on any atom is 0.196 e. The number of aliphatic imine (C=N–C) groups is 1. The van der Waals surface area contributed by atoms with Gasteiger partial charge >= 0.3 is 0 Å². The van der Waals surface area contributed by atoms with E-state index in [4.69, 9.17) is 0 Å². The quantitative estimate of drug-likeness (QED) is 0.492. The van der Waals surface area contributed by atoms with Crippen LogP contribution in [0.3, 0.4) is 0 Å². The van der Waals surface area contributed by atoms with Gasteiger partial charge < -0.3 is 5.11 Å². The average Bonchev–Trinajstić information content (AvgIpc) is 2.66. The molecule has 0 unspecified atom stereocenters. The number of carbonyl (C=O) groups is 2. The van der Waals surface area contributed by atoms with Crippen molar-refractivity contribution in [2.24, 2.45) is 4.99 Å². The molecule has 0 heterocycles. The standard InChI is InChI=1S/C21H12BrNO3/c22-13-8-9-18(24)12(10-13)11-23-17-7-3-6-16-19(17)21(26)15-5-2-1-4-14(15)20(16)25/h1-11,24H. The number of ketones is 2. The van der Waals surface area contributed by atoms with Gasteiger partial charge in [0, 0.05) is 32.9 Å². The Kier molecular flexibility index (Phi) is 4.01. The van der Waals surface area contributed by atoms with Gasteiger partial charge in [0.2, 0.25) is 0 Å². The van der Waals surface area contributed by atoms with E-state index in [0.717, 1.165) is 4.47 Å². The first-order valence-corrected chi connectivity index (χ1v) is 8.69. The van der Waals surface area contributed by atoms with Crippen LogP contribution in [0.15, 0.2) is 70.1 Å². The van der Waals surface area contributed by atoms with Gasteiger partial charge in [0.1, 0.15) is 5.75 Å². The van der Waals surface area contributed by atoms with Gasteiger partial charge in [-0.1, -0.05) is 52.3 Å². The Balaban J connectivity index is 1.83. The molecule has 26 heavy (non-hydrogen) atoms. The summed E-state index contributed by atoms with van der Waals surface area (Å²) in [6.45, 7) is 0. The van der Waals surface area contributed by atoms with E-state index >= 15 is 0 Å². The van der Waals surface area contributed by atoms with E-state index in [9.17, 15) is 14.7 Å². The molecule has 0 bridgehead atoms. The first-order valence-electron chi connectivity index (χ1n) is 7.90. The fourth-order valence-electron chi connectivity index (χ4n) is 3.00. The van der Waals surface area contributed by atoms with Crippen molar-refractivity contribution in [2.45, 2.75) is 0 Å². The summed E-state index contributed by atoms with van der Waals surface area (Å²) in [6, 6.07) is 16.8. The zero-order chi connectivity index (χ0) is 18.3. The third-order valence-electron chi connectivity index (χ3n) is 4.26. The summed E-state index contributed by atoms with van der Waals surface area (Å²) >= 11 is 3.35. The maximum absolute atomic E-state index is 12.9. The smallest absolute Gasteiger partial charge is 0.196 e. The van der Waals surface area contributed by atoms with Gasteiger partial charge in [0.05, 0.1) is 11.3 Å². The highest BCUT2D eigenvalue weighted by molar-refractivity contribution is 9.10. The number of carbonyl (C=O) groups excluding carboxylic acids is 2. The molecule has 0 saturated heterocycles. The molecule has 5 heteroatoms. The van der Waals surface area contributed by atoms with Crippen LogP contribution in [0.2, 0.25) is 0 Å². The predicted octanol–water partition coefficient (Wildman–Crippen LogP) is 4.68. The summed E-state index contributed by atoms with van der Waals surface area (Å²) < 4.78 is 0.798. The van der Waals surface area contributed by atoms with E-state index in [1.54, 1.807) is 60.7 Å². The van der Waals surface area contributed by atoms with Crippen LogP contribution in [0.5, 0.6) is 5.75 Å². The molecule has 0 spiro atoms. The van der Waals surface area contributed by atoms with E-state index in [2.05, 4.69) is 20.9 Å². The number of rotatable bonds is 2. The van der Waals surface area contributed by atoms with Gasteiger partial charge in [0.25, 0.3) is 0 Å². The fourth-order valence-corrected chi connectivity index (χ4v) is 3.38. The minimum absolute atomic E-state index is 0.0782. The maximum atomic E-state index is 12.9. The Morgan fingerprint density at radius 2 is 1.54 bits per heavy atom. The molecule has 1 aliphatic rings. The van der Waals surface area contributed by atoms with Gasteiger partial charge in [-0.15, -0.1) is 0 Å². The van der Waals surface area contributed by atoms with Crippen molar-refractivity contribution in [3.63, 3.8) is 0 Å². The van der Waals surface area contributed by atoms with Gasteiger partial charge in [0.15, 0.2) is 11.6 Å². The van der Waals surface area contributed by atoms with Crippen molar-refractivity contribution in [1.82, 2.24) is 0 Å². The van der Waals surface area contributed by atoms with E-state index in [1.165, 1.54) is 6.21 Å². The number of fused-ring (bicyclic) bond motifs is 2. The van der Waals surface area contributed by atoms with Crippen molar-refractivity contribution in [3.8, 4) is 5.75 Å². The number of aromatic hydroxyl groups is 1. The van der Waals surface area contributed by atoms with Crippen molar-refractivity contribution >= 4 is 39.4 Å². The molecule has 0 aromatic heterocycles. The summed E-state index contributed by atoms with van der Waals surface area (Å²) in [6.07, 6.45) is 1.48. The van der Waals surface area contributed by atoms with Gasteiger partial charge in [-0.3, -0.25) is 14.6 Å². The van der Waals surface area contributed by atoms with Crippen LogP contribution < -0.4 is 0 Å². The Hall–Kier alpha value is -3.05. The molecule has 4 nitrogen and oxygen atoms in total. The summed E-state index contributed by atoms with van der Waals surface area (Å²) in [5.41, 5.74) is 2.35. The molecular formula is C21H12BrNO3. The SMILES string of the molecule is O=C1c2ccccc2C(=O)c2c(N=Cc3cc(Br)ccc3O)cccc21. The summed E-state index contributed by atoms with van der Waals surface area (Å²) in [7, 11) is 0. The van der Waals surface area contributed by atoms with E-state index in [-0.39, 0.29) is 17.3 Å². The second kappa shape index (κ2) is 6.35. The number of hydrogen-bond donors (Lipinski definition) is 1. The molecular weight excluding hydrogens is 394 g/mol. The Morgan fingerprint density at radius 1 is 0.846 bits per heavy atom. The predicted molar refractivity (Wildman–Crippen MR) is 103 cm³/mol. The van der Waals surface area contributed by atoms with Gasteiger partial charge in [-0.2, -0.15) is 0 Å². The Morgan fingerprint density at radius 3 is 2.31 bits per heavy atom. The highest BCUT2D eigenvalue weighted by atomic mass is 79.9. The van der Waals surface area contributed by atoms with E-state index in [0.29, 0.717) is 33.5 Å². The number of benzene rings is 3. The largest absolute Gasteiger partial charge is 0.507 e. The van der Waals surface area contributed by atoms with Crippen molar-refractivity contribution in [1.29, 1.82) is 0 Å². The van der Waals surface area contributed by atoms with E-state index < -0.39 is 0 Å². The third-order valence-corrected chi connectivity index (χ3v) is 4.76. The highest BCUT2D eigenvalue weighted by Crippen LogP contribution is 2.33. The molecule has 0 aliphatic heterocycles. The Bertz CT molecular complexity index is 1100. The molecule has 1 aliphatic carbocycles. The normalized spacial score (nSPS) is 13.0. The summed E-state index contributed by atoms with van der Waals surface area (Å²) in [5.74, 6) is -0.325. The highest BCUT2D eigenvalue weighted by Gasteiger charge is 2.31. The van der Waals surface area contributed by atoms with Crippen molar-refractivity contribution in [3.05, 3.63) is 93.0 Å². The van der Waals surface area contributed by atoms with E-state index in [1.807, 2.05) is 0 Å². The van der Waals surface area contributed by atoms with Gasteiger partial charge in [-0.25, -0.2) is 0 Å². The topological polar surface area (TPSA) is 66.7 Å². The zero-order valence-electron chi connectivity index (χ0n) is 13.4. The molecule has 0 atom stereocenters. The monoisotopic (exact) mass is 405 g/mol. The van der Waals surface area contributed by atoms with Crippen LogP contribution in [-0.4, -0.2) is 22.9 Å². The molecule has 0 fully saturated rings. The minimum atomic E-state index is -0.221. The molecule has 126 valence electrons. The van der Waals surface area contributed by atoms with Crippen LogP contribution in [0.4, 0.5) is 5.69 Å². The first-order chi connectivity index (χ1) is 12.6. The van der Waals surface area contributed by atoms with Crippen molar-refractivity contribution < 1.29 is 14.7 Å². The molecule has 3 aromatic carbocycles. The second-order valence-electron chi connectivity index (χ2n) is 5.86. The zero-order valence-corrected chi connectivity index (χ0v) is 15.0. The van der Waals surface area contributed by atoms with Crippen molar-refractivity contribution in [2.75, 3.05) is 0 Å². The fraction of sp³-hybridized carbons (Fsp3) is 0. The molecule has 4 rings (SSSR count). The van der Waals surface area contributed by atoms with Gasteiger partial charge in [-0.05, 0) is 24.3 Å². The summed E-state index contributed by atoms with van der Waals surface area (Å²) in [5, 5.41) is 9.94. The Labute approximate surface area is 158 Å². The third kappa shape index (κ3) is 2.66. The van der Waals surface area contributed by atoms with Crippen LogP contribution >= 0.6 is 15.9 Å². The molecule has 0 saturated carbocycles. The number of halogens is 1. The first kappa shape index (κ1) is 16.4. The lowest BCUT2D eigenvalue weighted by molar-refractivity contribution is 0.0979. The molecule has 3 aromatic rings. The average molecular weight is 406 g/mol. The number of phenols is 1. The second-order valence-corrected chi connectivity index (χ2v) is 6.78. The lowest BCUT2D eigenvalue weighted by atomic mass is 9.83. The lowest BCUT2D eigenvalue weighted by Crippen LogP contribution is -2.20. The number of hydrogen-bond acceptors (Lipinski definition) is 4.